The van der Waals surface area contributed by atoms with Gasteiger partial charge in [-0.05, 0) is 42.7 Å². The highest BCUT2D eigenvalue weighted by Gasteiger charge is 2.21. The van der Waals surface area contributed by atoms with Gasteiger partial charge >= 0.3 is 0 Å². The van der Waals surface area contributed by atoms with Crippen molar-refractivity contribution in [2.24, 2.45) is 0 Å². The van der Waals surface area contributed by atoms with Gasteiger partial charge in [-0.2, -0.15) is 0 Å². The Balaban J connectivity index is 1.68. The third-order valence-corrected chi connectivity index (χ3v) is 7.47. The molecule has 180 valence electrons. The molecule has 0 aliphatic rings. The van der Waals surface area contributed by atoms with Crippen molar-refractivity contribution >= 4 is 22.9 Å². The van der Waals surface area contributed by atoms with Crippen LogP contribution in [-0.2, 0) is 19.4 Å². The van der Waals surface area contributed by atoms with Gasteiger partial charge in [0, 0.05) is 29.0 Å². The molecule has 3 aromatic carbocycles. The number of aryl methyl sites for hydroxylation is 2. The first kappa shape index (κ1) is 24.2. The van der Waals surface area contributed by atoms with Gasteiger partial charge in [0.05, 0.1) is 15.6 Å². The van der Waals surface area contributed by atoms with E-state index in [9.17, 15) is 4.79 Å². The molecular weight excluding hydrogens is 491 g/mol. The molecule has 2 heterocycles. The van der Waals surface area contributed by atoms with Crippen LogP contribution in [0.4, 0.5) is 4.39 Å². The molecule has 0 atom stereocenters. The first-order chi connectivity index (χ1) is 17.5. The number of hydrogen-bond donors (Lipinski definition) is 0. The second-order valence-electron chi connectivity index (χ2n) is 8.62. The van der Waals surface area contributed by atoms with Gasteiger partial charge in [-0.3, -0.25) is 9.36 Å². The van der Waals surface area contributed by atoms with Gasteiger partial charge in [-0.25, -0.2) is 9.37 Å². The summed E-state index contributed by atoms with van der Waals surface area (Å²) in [5, 5.41) is 0. The van der Waals surface area contributed by atoms with Crippen LogP contribution in [0, 0.1) is 12.7 Å². The minimum Gasteiger partial charge on any atom is -0.292 e. The Bertz CT molecular complexity index is 1560. The van der Waals surface area contributed by atoms with Crippen LogP contribution in [0.5, 0.6) is 0 Å². The summed E-state index contributed by atoms with van der Waals surface area (Å²) in [6.45, 7) is 2.24. The SMILES string of the molecule is Cc1nc(-c2cccc(F)c2Cc2ccccc2)n(CCc2ccccc2)c(=O)c1-c1ccc(Cl)s1. The Morgan fingerprint density at radius 1 is 0.889 bits per heavy atom. The first-order valence-corrected chi connectivity index (χ1v) is 12.9. The lowest BCUT2D eigenvalue weighted by molar-refractivity contribution is 0.612. The summed E-state index contributed by atoms with van der Waals surface area (Å²) in [6, 6.07) is 28.4. The highest BCUT2D eigenvalue weighted by molar-refractivity contribution is 7.19. The van der Waals surface area contributed by atoms with Gasteiger partial charge in [0.1, 0.15) is 11.6 Å². The lowest BCUT2D eigenvalue weighted by Crippen LogP contribution is -2.27. The van der Waals surface area contributed by atoms with E-state index in [4.69, 9.17) is 16.6 Å². The summed E-state index contributed by atoms with van der Waals surface area (Å²) in [6.07, 6.45) is 1.05. The fourth-order valence-electron chi connectivity index (χ4n) is 4.44. The van der Waals surface area contributed by atoms with E-state index in [1.807, 2.05) is 79.7 Å². The molecule has 0 saturated carbocycles. The highest BCUT2D eigenvalue weighted by Crippen LogP contribution is 2.33. The zero-order valence-corrected chi connectivity index (χ0v) is 21.3. The van der Waals surface area contributed by atoms with Gasteiger partial charge in [0.25, 0.3) is 5.56 Å². The molecular formula is C30H24ClFN2OS. The van der Waals surface area contributed by atoms with Crippen LogP contribution in [-0.4, -0.2) is 9.55 Å². The summed E-state index contributed by atoms with van der Waals surface area (Å²) >= 11 is 7.54. The molecule has 0 fully saturated rings. The van der Waals surface area contributed by atoms with Gasteiger partial charge in [-0.1, -0.05) is 84.4 Å². The summed E-state index contributed by atoms with van der Waals surface area (Å²) in [4.78, 5) is 19.6. The summed E-state index contributed by atoms with van der Waals surface area (Å²) < 4.78 is 17.5. The normalized spacial score (nSPS) is 11.1. The molecule has 0 amide bonds. The molecule has 5 rings (SSSR count). The molecule has 0 spiro atoms. The number of thiophene rings is 1. The molecule has 5 aromatic rings. The van der Waals surface area contributed by atoms with Crippen LogP contribution in [0.15, 0.2) is 95.8 Å². The molecule has 0 radical (unpaired) electrons. The zero-order valence-electron chi connectivity index (χ0n) is 19.7. The van der Waals surface area contributed by atoms with E-state index in [-0.39, 0.29) is 11.4 Å². The van der Waals surface area contributed by atoms with E-state index >= 15 is 4.39 Å². The van der Waals surface area contributed by atoms with E-state index in [0.717, 1.165) is 16.0 Å². The summed E-state index contributed by atoms with van der Waals surface area (Å²) in [7, 11) is 0. The fraction of sp³-hybridized carbons (Fsp3) is 0.133. The van der Waals surface area contributed by atoms with Gasteiger partial charge in [0.15, 0.2) is 0 Å². The largest absolute Gasteiger partial charge is 0.292 e. The van der Waals surface area contributed by atoms with Crippen LogP contribution >= 0.6 is 22.9 Å². The molecule has 0 saturated heterocycles. The first-order valence-electron chi connectivity index (χ1n) is 11.7. The Hall–Kier alpha value is -3.54. The second-order valence-corrected chi connectivity index (χ2v) is 10.3. The molecule has 0 N–H and O–H groups in total. The topological polar surface area (TPSA) is 34.9 Å². The van der Waals surface area contributed by atoms with Crippen LogP contribution in [0.25, 0.3) is 21.8 Å². The number of benzene rings is 3. The summed E-state index contributed by atoms with van der Waals surface area (Å²) in [5.74, 6) is 0.164. The lowest BCUT2D eigenvalue weighted by atomic mass is 9.98. The van der Waals surface area contributed by atoms with Gasteiger partial charge in [0.2, 0.25) is 0 Å². The third-order valence-electron chi connectivity index (χ3n) is 6.22. The maximum atomic E-state index is 15.2. The van der Waals surface area contributed by atoms with Crippen LogP contribution in [0.3, 0.4) is 0 Å². The number of rotatable bonds is 7. The lowest BCUT2D eigenvalue weighted by Gasteiger charge is -2.18. The Morgan fingerprint density at radius 3 is 2.25 bits per heavy atom. The van der Waals surface area contributed by atoms with Gasteiger partial charge in [-0.15, -0.1) is 11.3 Å². The molecule has 6 heteroatoms. The Kier molecular flexibility index (Phi) is 7.12. The van der Waals surface area contributed by atoms with Crippen molar-refractivity contribution in [1.82, 2.24) is 9.55 Å². The zero-order chi connectivity index (χ0) is 25.1. The average molecular weight is 515 g/mol. The van der Waals surface area contributed by atoms with Gasteiger partial charge < -0.3 is 0 Å². The van der Waals surface area contributed by atoms with Crippen LogP contribution < -0.4 is 5.56 Å². The number of nitrogens with zero attached hydrogens (tertiary/aromatic N) is 2. The summed E-state index contributed by atoms with van der Waals surface area (Å²) in [5.41, 5.74) is 4.23. The van der Waals surface area contributed by atoms with Crippen molar-refractivity contribution in [3.05, 3.63) is 134 Å². The molecule has 0 bridgehead atoms. The predicted octanol–water partition coefficient (Wildman–Crippen LogP) is 7.57. The highest BCUT2D eigenvalue weighted by atomic mass is 35.5. The van der Waals surface area contributed by atoms with E-state index in [1.165, 1.54) is 17.4 Å². The monoisotopic (exact) mass is 514 g/mol. The molecule has 0 aliphatic carbocycles. The maximum Gasteiger partial charge on any atom is 0.262 e. The van der Waals surface area contributed by atoms with E-state index in [0.29, 0.717) is 51.9 Å². The minimum atomic E-state index is -0.313. The number of halogens is 2. The van der Waals surface area contributed by atoms with Crippen molar-refractivity contribution < 1.29 is 4.39 Å². The van der Waals surface area contributed by atoms with Crippen molar-refractivity contribution in [3.8, 4) is 21.8 Å². The van der Waals surface area contributed by atoms with E-state index in [1.54, 1.807) is 16.7 Å². The third kappa shape index (κ3) is 5.03. The number of hydrogen-bond acceptors (Lipinski definition) is 3. The quantitative estimate of drug-likeness (QED) is 0.224. The Labute approximate surface area is 218 Å². The number of aromatic nitrogens is 2. The van der Waals surface area contributed by atoms with Crippen LogP contribution in [0.1, 0.15) is 22.4 Å². The van der Waals surface area contributed by atoms with E-state index < -0.39 is 0 Å². The van der Waals surface area contributed by atoms with Crippen molar-refractivity contribution in [1.29, 1.82) is 0 Å². The molecule has 3 nitrogen and oxygen atoms in total. The molecule has 2 aromatic heterocycles. The fourth-order valence-corrected chi connectivity index (χ4v) is 5.57. The van der Waals surface area contributed by atoms with Crippen LogP contribution in [0.2, 0.25) is 4.34 Å². The van der Waals surface area contributed by atoms with Crippen molar-refractivity contribution in [2.75, 3.05) is 0 Å². The maximum absolute atomic E-state index is 15.2. The Morgan fingerprint density at radius 2 is 1.58 bits per heavy atom. The molecule has 36 heavy (non-hydrogen) atoms. The average Bonchev–Trinajstić information content (AvgIpc) is 3.31. The standard InChI is InChI=1S/C30H24ClFN2OS/c1-20-28(26-15-16-27(31)36-26)30(35)34(18-17-21-9-4-2-5-10-21)29(33-20)23-13-8-14-25(32)24(23)19-22-11-6-3-7-12-22/h2-16H,17-19H2,1H3. The van der Waals surface area contributed by atoms with Crippen molar-refractivity contribution in [3.63, 3.8) is 0 Å². The predicted molar refractivity (Wildman–Crippen MR) is 146 cm³/mol. The minimum absolute atomic E-state index is 0.151. The smallest absolute Gasteiger partial charge is 0.262 e. The van der Waals surface area contributed by atoms with E-state index in [2.05, 4.69) is 0 Å². The second kappa shape index (κ2) is 10.6. The van der Waals surface area contributed by atoms with Crippen molar-refractivity contribution in [2.45, 2.75) is 26.3 Å². The molecule has 0 unspecified atom stereocenters. The molecule has 0 aliphatic heterocycles.